The predicted molar refractivity (Wildman–Crippen MR) is 146 cm³/mol. The Hall–Kier alpha value is -3.46. The molecule has 0 amide bonds. The maximum atomic E-state index is 15.6. The third kappa shape index (κ3) is 7.29. The molecule has 0 bridgehead atoms. The summed E-state index contributed by atoms with van der Waals surface area (Å²) in [6, 6.07) is 0.233. The van der Waals surface area contributed by atoms with Crippen molar-refractivity contribution in [1.29, 1.82) is 0 Å². The molecule has 3 heterocycles. The molecule has 0 saturated carbocycles. The molecule has 0 aromatic carbocycles. The average molecular weight is 508 g/mol. The van der Waals surface area contributed by atoms with Crippen LogP contribution in [-0.2, 0) is 6.54 Å². The van der Waals surface area contributed by atoms with Crippen molar-refractivity contribution in [3.05, 3.63) is 60.1 Å². The molecule has 37 heavy (non-hydrogen) atoms. The molecule has 198 valence electrons. The number of methoxy groups -OCH3 is 1. The molecule has 1 atom stereocenters. The highest BCUT2D eigenvalue weighted by molar-refractivity contribution is 5.79. The van der Waals surface area contributed by atoms with Crippen molar-refractivity contribution in [2.75, 3.05) is 26.7 Å². The van der Waals surface area contributed by atoms with Gasteiger partial charge in [-0.15, -0.1) is 0 Å². The lowest BCUT2D eigenvalue weighted by Gasteiger charge is -2.23. The normalized spacial score (nSPS) is 13.7. The van der Waals surface area contributed by atoms with Crippen molar-refractivity contribution in [1.82, 2.24) is 34.4 Å². The molecular formula is C28H38FN7O. The molecule has 0 radical (unpaired) electrons. The van der Waals surface area contributed by atoms with Crippen LogP contribution in [0.15, 0.2) is 54.4 Å². The van der Waals surface area contributed by atoms with Crippen molar-refractivity contribution in [2.24, 2.45) is 5.92 Å². The van der Waals surface area contributed by atoms with Crippen LogP contribution >= 0.6 is 0 Å². The number of imidazole rings is 1. The monoisotopic (exact) mass is 507 g/mol. The first-order valence-corrected chi connectivity index (χ1v) is 12.9. The Morgan fingerprint density at radius 3 is 2.43 bits per heavy atom. The molecule has 0 saturated heterocycles. The summed E-state index contributed by atoms with van der Waals surface area (Å²) in [4.78, 5) is 24.4. The SMILES string of the molecule is C\C=C/C(Cn1c(-c2cncnc2)nc2c(C)nc(OC)nc21)=C(F)\C=C\C(C)CN(CCC)CCC. The van der Waals surface area contributed by atoms with E-state index in [-0.39, 0.29) is 24.3 Å². The number of hydrogen-bond acceptors (Lipinski definition) is 7. The van der Waals surface area contributed by atoms with Gasteiger partial charge in [-0.3, -0.25) is 0 Å². The lowest BCUT2D eigenvalue weighted by molar-refractivity contribution is 0.254. The summed E-state index contributed by atoms with van der Waals surface area (Å²) in [6.07, 6.45) is 14.2. The minimum atomic E-state index is -0.294. The van der Waals surface area contributed by atoms with E-state index in [0.29, 0.717) is 33.8 Å². The van der Waals surface area contributed by atoms with Crippen LogP contribution in [0.3, 0.4) is 0 Å². The van der Waals surface area contributed by atoms with Crippen LogP contribution < -0.4 is 4.74 Å². The zero-order valence-electron chi connectivity index (χ0n) is 22.8. The number of aromatic nitrogens is 6. The molecule has 0 aliphatic rings. The van der Waals surface area contributed by atoms with Crippen molar-refractivity contribution in [3.63, 3.8) is 0 Å². The van der Waals surface area contributed by atoms with Crippen LogP contribution in [0.5, 0.6) is 6.01 Å². The van der Waals surface area contributed by atoms with Gasteiger partial charge in [0.1, 0.15) is 23.5 Å². The highest BCUT2D eigenvalue weighted by atomic mass is 19.1. The van der Waals surface area contributed by atoms with Crippen molar-refractivity contribution in [3.8, 4) is 17.4 Å². The second-order valence-corrected chi connectivity index (χ2v) is 9.13. The summed E-state index contributed by atoms with van der Waals surface area (Å²) in [5, 5.41) is 0. The van der Waals surface area contributed by atoms with Crippen LogP contribution in [0.1, 0.15) is 46.2 Å². The van der Waals surface area contributed by atoms with E-state index in [1.165, 1.54) is 13.4 Å². The molecule has 3 rings (SSSR count). The van der Waals surface area contributed by atoms with Gasteiger partial charge in [0.2, 0.25) is 0 Å². The number of ether oxygens (including phenoxy) is 1. The first-order valence-electron chi connectivity index (χ1n) is 12.9. The third-order valence-electron chi connectivity index (χ3n) is 5.95. The van der Waals surface area contributed by atoms with E-state index in [1.807, 2.05) is 30.6 Å². The van der Waals surface area contributed by atoms with Gasteiger partial charge in [0.05, 0.1) is 24.9 Å². The van der Waals surface area contributed by atoms with Gasteiger partial charge < -0.3 is 14.2 Å². The smallest absolute Gasteiger partial charge is 0.318 e. The molecule has 0 aliphatic heterocycles. The van der Waals surface area contributed by atoms with E-state index in [4.69, 9.17) is 9.72 Å². The number of nitrogens with zero attached hydrogens (tertiary/aromatic N) is 7. The number of hydrogen-bond donors (Lipinski definition) is 0. The minimum Gasteiger partial charge on any atom is -0.467 e. The Bertz CT molecular complexity index is 1240. The van der Waals surface area contributed by atoms with Crippen LogP contribution in [0.25, 0.3) is 22.6 Å². The van der Waals surface area contributed by atoms with Crippen LogP contribution in [-0.4, -0.2) is 61.1 Å². The highest BCUT2D eigenvalue weighted by Crippen LogP contribution is 2.28. The Kier molecular flexibility index (Phi) is 10.4. The number of halogens is 1. The lowest BCUT2D eigenvalue weighted by Crippen LogP contribution is -2.29. The fraction of sp³-hybridized carbons (Fsp3) is 0.464. The third-order valence-corrected chi connectivity index (χ3v) is 5.95. The molecule has 0 aliphatic carbocycles. The Balaban J connectivity index is 2.01. The zero-order chi connectivity index (χ0) is 26.8. The molecule has 0 N–H and O–H groups in total. The fourth-order valence-corrected chi connectivity index (χ4v) is 4.32. The quantitative estimate of drug-likeness (QED) is 0.274. The molecule has 1 unspecified atom stereocenters. The molecule has 8 nitrogen and oxygen atoms in total. The van der Waals surface area contributed by atoms with Crippen LogP contribution in [0, 0.1) is 12.8 Å². The maximum Gasteiger partial charge on any atom is 0.318 e. The van der Waals surface area contributed by atoms with Gasteiger partial charge in [0, 0.05) is 24.5 Å². The average Bonchev–Trinajstić information content (AvgIpc) is 3.26. The van der Waals surface area contributed by atoms with E-state index in [9.17, 15) is 0 Å². The second-order valence-electron chi connectivity index (χ2n) is 9.13. The van der Waals surface area contributed by atoms with Gasteiger partial charge >= 0.3 is 6.01 Å². The molecular weight excluding hydrogens is 469 g/mol. The summed E-state index contributed by atoms with van der Waals surface area (Å²) >= 11 is 0. The minimum absolute atomic E-state index is 0.215. The van der Waals surface area contributed by atoms with E-state index in [2.05, 4.69) is 45.6 Å². The number of allylic oxidation sites excluding steroid dienone is 5. The number of fused-ring (bicyclic) bond motifs is 1. The van der Waals surface area contributed by atoms with Crippen LogP contribution in [0.2, 0.25) is 0 Å². The van der Waals surface area contributed by atoms with Gasteiger partial charge in [-0.1, -0.05) is 39.0 Å². The molecule has 0 fully saturated rings. The van der Waals surface area contributed by atoms with Crippen LogP contribution in [0.4, 0.5) is 4.39 Å². The molecule has 9 heteroatoms. The second kappa shape index (κ2) is 13.7. The van der Waals surface area contributed by atoms with Gasteiger partial charge in [0.15, 0.2) is 5.65 Å². The lowest BCUT2D eigenvalue weighted by atomic mass is 10.1. The number of aryl methyl sites for hydroxylation is 1. The Labute approximate surface area is 219 Å². The Morgan fingerprint density at radius 1 is 1.11 bits per heavy atom. The standard InChI is InChI=1S/C28H38FN7O/c1-7-10-22(24(29)12-11-20(4)17-35(13-8-2)14-9-3)18-36-26(23-15-30-19-31-16-23)33-25-21(5)32-28(37-6)34-27(25)36/h7,10-12,15-16,19-20H,8-9,13-14,17-18H2,1-6H3/b10-7-,12-11+,24-22-. The molecule has 0 spiro atoms. The van der Waals surface area contributed by atoms with Gasteiger partial charge in [0.25, 0.3) is 0 Å². The number of rotatable bonds is 13. The van der Waals surface area contributed by atoms with Gasteiger partial charge in [-0.25, -0.2) is 19.3 Å². The van der Waals surface area contributed by atoms with Gasteiger partial charge in [-0.2, -0.15) is 9.97 Å². The first-order chi connectivity index (χ1) is 17.9. The van der Waals surface area contributed by atoms with E-state index < -0.39 is 0 Å². The van der Waals surface area contributed by atoms with Crippen molar-refractivity contribution >= 4 is 11.2 Å². The predicted octanol–water partition coefficient (Wildman–Crippen LogP) is 5.71. The summed E-state index contributed by atoms with van der Waals surface area (Å²) in [6.45, 7) is 13.5. The maximum absolute atomic E-state index is 15.6. The van der Waals surface area contributed by atoms with E-state index in [1.54, 1.807) is 24.5 Å². The summed E-state index contributed by atoms with van der Waals surface area (Å²) in [7, 11) is 1.52. The molecule has 3 aromatic rings. The largest absolute Gasteiger partial charge is 0.467 e. The van der Waals surface area contributed by atoms with Crippen molar-refractivity contribution in [2.45, 2.75) is 54.0 Å². The van der Waals surface area contributed by atoms with E-state index >= 15 is 4.39 Å². The first kappa shape index (κ1) is 28.1. The topological polar surface area (TPSA) is 81.8 Å². The summed E-state index contributed by atoms with van der Waals surface area (Å²) in [5.41, 5.74) is 3.07. The fourth-order valence-electron chi connectivity index (χ4n) is 4.32. The van der Waals surface area contributed by atoms with Crippen molar-refractivity contribution < 1.29 is 9.13 Å². The zero-order valence-corrected chi connectivity index (χ0v) is 22.8. The summed E-state index contributed by atoms with van der Waals surface area (Å²) < 4.78 is 22.8. The molecule has 3 aromatic heterocycles. The highest BCUT2D eigenvalue weighted by Gasteiger charge is 2.19. The van der Waals surface area contributed by atoms with Gasteiger partial charge in [-0.05, 0) is 51.8 Å². The van der Waals surface area contributed by atoms with E-state index in [0.717, 1.165) is 32.5 Å². The Morgan fingerprint density at radius 2 is 1.81 bits per heavy atom. The summed E-state index contributed by atoms with van der Waals surface area (Å²) in [5.74, 6) is 0.516.